The number of nitrogens with zero attached hydrogens (tertiary/aromatic N) is 5. The summed E-state index contributed by atoms with van der Waals surface area (Å²) in [7, 11) is 4.70. The lowest BCUT2D eigenvalue weighted by atomic mass is 10.2. The van der Waals surface area contributed by atoms with Crippen molar-refractivity contribution in [1.29, 1.82) is 0 Å². The first-order valence-electron chi connectivity index (χ1n) is 8.88. The topological polar surface area (TPSA) is 97.3 Å². The van der Waals surface area contributed by atoms with Crippen molar-refractivity contribution < 1.29 is 18.7 Å². The van der Waals surface area contributed by atoms with Crippen molar-refractivity contribution in [3.8, 4) is 45.9 Å². The third kappa shape index (κ3) is 3.43. The monoisotopic (exact) mass is 427 g/mol. The van der Waals surface area contributed by atoms with Gasteiger partial charge in [-0.25, -0.2) is 4.68 Å². The molecule has 154 valence electrons. The van der Waals surface area contributed by atoms with E-state index in [4.69, 9.17) is 30.3 Å². The van der Waals surface area contributed by atoms with Crippen LogP contribution < -0.4 is 14.2 Å². The van der Waals surface area contributed by atoms with E-state index in [-0.39, 0.29) is 5.89 Å². The standard InChI is InChI=1S/C20H18ClN5O4/c1-11-18(20-22-19(24-30-20)12-5-7-13(27-2)8-6-12)23-25-26(11)15-9-14(21)16(28-3)10-17(15)29-4/h5-10H,1-4H3. The smallest absolute Gasteiger partial charge is 0.280 e. The molecule has 0 unspecified atom stereocenters. The molecule has 2 aromatic carbocycles. The van der Waals surface area contributed by atoms with Crippen LogP contribution in [0.25, 0.3) is 28.7 Å². The van der Waals surface area contributed by atoms with E-state index in [1.807, 2.05) is 31.2 Å². The molecular formula is C20H18ClN5O4. The van der Waals surface area contributed by atoms with E-state index in [0.29, 0.717) is 39.4 Å². The van der Waals surface area contributed by atoms with E-state index in [2.05, 4.69) is 20.5 Å². The second-order valence-corrected chi connectivity index (χ2v) is 6.65. The number of ether oxygens (including phenoxy) is 3. The fraction of sp³-hybridized carbons (Fsp3) is 0.200. The van der Waals surface area contributed by atoms with Crippen LogP contribution in [-0.4, -0.2) is 46.5 Å². The second-order valence-electron chi connectivity index (χ2n) is 6.25. The van der Waals surface area contributed by atoms with E-state index in [1.54, 1.807) is 31.0 Å². The maximum absolute atomic E-state index is 6.29. The Morgan fingerprint density at radius 1 is 0.967 bits per heavy atom. The van der Waals surface area contributed by atoms with Crippen LogP contribution in [0.2, 0.25) is 5.02 Å². The van der Waals surface area contributed by atoms with Crippen molar-refractivity contribution in [2.45, 2.75) is 6.92 Å². The molecule has 0 fully saturated rings. The molecule has 0 aliphatic carbocycles. The molecule has 0 aliphatic heterocycles. The van der Waals surface area contributed by atoms with Gasteiger partial charge in [-0.1, -0.05) is 22.0 Å². The fourth-order valence-corrected chi connectivity index (χ4v) is 3.18. The summed E-state index contributed by atoms with van der Waals surface area (Å²) < 4.78 is 22.9. The summed E-state index contributed by atoms with van der Waals surface area (Å²) >= 11 is 6.29. The van der Waals surface area contributed by atoms with Crippen LogP contribution in [-0.2, 0) is 0 Å². The number of hydrogen-bond donors (Lipinski definition) is 0. The molecule has 0 saturated carbocycles. The largest absolute Gasteiger partial charge is 0.497 e. The van der Waals surface area contributed by atoms with Gasteiger partial charge in [-0.05, 0) is 37.3 Å². The average molecular weight is 428 g/mol. The van der Waals surface area contributed by atoms with E-state index in [9.17, 15) is 0 Å². The van der Waals surface area contributed by atoms with Crippen molar-refractivity contribution in [3.63, 3.8) is 0 Å². The minimum Gasteiger partial charge on any atom is -0.497 e. The highest BCUT2D eigenvalue weighted by Crippen LogP contribution is 2.36. The number of methoxy groups -OCH3 is 3. The number of aromatic nitrogens is 5. The number of hydrogen-bond acceptors (Lipinski definition) is 8. The first-order chi connectivity index (χ1) is 14.5. The minimum absolute atomic E-state index is 0.253. The molecule has 2 aromatic heterocycles. The summed E-state index contributed by atoms with van der Waals surface area (Å²) in [5.74, 6) is 2.46. The fourth-order valence-electron chi connectivity index (χ4n) is 2.94. The lowest BCUT2D eigenvalue weighted by Gasteiger charge is -2.12. The SMILES string of the molecule is COc1ccc(-c2noc(-c3nnn(-c4cc(Cl)c(OC)cc4OC)c3C)n2)cc1. The number of benzene rings is 2. The molecule has 0 N–H and O–H groups in total. The Morgan fingerprint density at radius 3 is 2.37 bits per heavy atom. The summed E-state index contributed by atoms with van der Waals surface area (Å²) in [6.45, 7) is 1.84. The van der Waals surface area contributed by atoms with Crippen molar-refractivity contribution in [1.82, 2.24) is 25.1 Å². The predicted octanol–water partition coefficient (Wildman–Crippen LogP) is 3.97. The van der Waals surface area contributed by atoms with E-state index >= 15 is 0 Å². The van der Waals surface area contributed by atoms with Gasteiger partial charge in [-0.3, -0.25) is 0 Å². The number of rotatable bonds is 6. The highest BCUT2D eigenvalue weighted by molar-refractivity contribution is 6.32. The van der Waals surface area contributed by atoms with Crippen molar-refractivity contribution in [2.75, 3.05) is 21.3 Å². The summed E-state index contributed by atoms with van der Waals surface area (Å²) in [5.41, 5.74) is 2.53. The zero-order chi connectivity index (χ0) is 21.3. The Morgan fingerprint density at radius 2 is 1.70 bits per heavy atom. The molecule has 4 aromatic rings. The van der Waals surface area contributed by atoms with Crippen LogP contribution in [0, 0.1) is 6.92 Å². The average Bonchev–Trinajstić information content (AvgIpc) is 3.40. The van der Waals surface area contributed by atoms with Crippen LogP contribution >= 0.6 is 11.6 Å². The van der Waals surface area contributed by atoms with Crippen molar-refractivity contribution in [2.24, 2.45) is 0 Å². The molecule has 9 nitrogen and oxygen atoms in total. The molecule has 0 atom stereocenters. The molecule has 0 radical (unpaired) electrons. The van der Waals surface area contributed by atoms with Gasteiger partial charge >= 0.3 is 0 Å². The lowest BCUT2D eigenvalue weighted by molar-refractivity contribution is 0.392. The van der Waals surface area contributed by atoms with Gasteiger partial charge in [0.05, 0.1) is 32.0 Å². The van der Waals surface area contributed by atoms with Gasteiger partial charge in [0.1, 0.15) is 22.9 Å². The van der Waals surface area contributed by atoms with E-state index in [0.717, 1.165) is 11.3 Å². The van der Waals surface area contributed by atoms with Crippen LogP contribution in [0.5, 0.6) is 17.2 Å². The van der Waals surface area contributed by atoms with Gasteiger partial charge in [0.2, 0.25) is 5.82 Å². The van der Waals surface area contributed by atoms with E-state index in [1.165, 1.54) is 7.11 Å². The summed E-state index contributed by atoms with van der Waals surface area (Å²) in [6.07, 6.45) is 0. The molecule has 0 bridgehead atoms. The van der Waals surface area contributed by atoms with Crippen LogP contribution in [0.1, 0.15) is 5.69 Å². The summed E-state index contributed by atoms with van der Waals surface area (Å²) in [4.78, 5) is 4.45. The predicted molar refractivity (Wildman–Crippen MR) is 109 cm³/mol. The Bertz CT molecular complexity index is 1190. The Labute approximate surface area is 177 Å². The highest BCUT2D eigenvalue weighted by Gasteiger charge is 2.21. The number of halogens is 1. The van der Waals surface area contributed by atoms with Crippen molar-refractivity contribution >= 4 is 11.6 Å². The molecule has 0 spiro atoms. The quantitative estimate of drug-likeness (QED) is 0.456. The lowest BCUT2D eigenvalue weighted by Crippen LogP contribution is -2.03. The molecule has 0 aliphatic rings. The van der Waals surface area contributed by atoms with Crippen LogP contribution in [0.15, 0.2) is 40.9 Å². The molecular weight excluding hydrogens is 410 g/mol. The minimum atomic E-state index is 0.253. The Kier molecular flexibility index (Phi) is 5.28. The zero-order valence-corrected chi connectivity index (χ0v) is 17.5. The van der Waals surface area contributed by atoms with Crippen LogP contribution in [0.4, 0.5) is 0 Å². The second kappa shape index (κ2) is 8.03. The molecule has 0 saturated heterocycles. The van der Waals surface area contributed by atoms with Gasteiger partial charge in [0.15, 0.2) is 5.69 Å². The molecule has 4 rings (SSSR count). The first-order valence-corrected chi connectivity index (χ1v) is 9.26. The zero-order valence-electron chi connectivity index (χ0n) is 16.7. The highest BCUT2D eigenvalue weighted by atomic mass is 35.5. The van der Waals surface area contributed by atoms with Gasteiger partial charge in [-0.15, -0.1) is 5.10 Å². The molecule has 30 heavy (non-hydrogen) atoms. The third-order valence-electron chi connectivity index (χ3n) is 4.55. The van der Waals surface area contributed by atoms with Gasteiger partial charge < -0.3 is 18.7 Å². The third-order valence-corrected chi connectivity index (χ3v) is 4.85. The molecule has 10 heteroatoms. The van der Waals surface area contributed by atoms with Crippen LogP contribution in [0.3, 0.4) is 0 Å². The normalized spacial score (nSPS) is 10.8. The van der Waals surface area contributed by atoms with Gasteiger partial charge in [-0.2, -0.15) is 4.98 Å². The maximum Gasteiger partial charge on any atom is 0.280 e. The Balaban J connectivity index is 1.71. The van der Waals surface area contributed by atoms with Gasteiger partial charge in [0, 0.05) is 11.6 Å². The van der Waals surface area contributed by atoms with E-state index < -0.39 is 0 Å². The van der Waals surface area contributed by atoms with Crippen molar-refractivity contribution in [3.05, 3.63) is 47.1 Å². The van der Waals surface area contributed by atoms with Gasteiger partial charge in [0.25, 0.3) is 5.89 Å². The Hall–Kier alpha value is -3.59. The first kappa shape index (κ1) is 19.7. The summed E-state index contributed by atoms with van der Waals surface area (Å²) in [5, 5.41) is 12.9. The molecule has 0 amide bonds. The summed E-state index contributed by atoms with van der Waals surface area (Å²) in [6, 6.07) is 10.7. The molecule has 2 heterocycles. The maximum atomic E-state index is 6.29.